The number of hydrogen-bond acceptors (Lipinski definition) is 5. The number of carbonyl (C=O) groups is 1. The van der Waals surface area contributed by atoms with Crippen molar-refractivity contribution in [3.05, 3.63) is 47.0 Å². The Labute approximate surface area is 134 Å². The first-order valence-corrected chi connectivity index (χ1v) is 8.33. The molecule has 0 aliphatic heterocycles. The van der Waals surface area contributed by atoms with E-state index in [1.54, 1.807) is 18.0 Å². The van der Waals surface area contributed by atoms with E-state index >= 15 is 0 Å². The minimum atomic E-state index is -0.287. The summed E-state index contributed by atoms with van der Waals surface area (Å²) in [5, 5.41) is 11.6. The third-order valence-corrected chi connectivity index (χ3v) is 4.10. The standard InChI is InChI=1S/C16H20N2O3S/c1-3-13-8-11(2)15(21-13)16(20)18-14-9-12(4-5-17-14)10-22-7-6-19/h4-5,8-9,19H,3,6-7,10H2,1-2H3,(H,17,18,20). The Morgan fingerprint density at radius 1 is 1.45 bits per heavy atom. The average Bonchev–Trinajstić information content (AvgIpc) is 2.89. The lowest BCUT2D eigenvalue weighted by Crippen LogP contribution is -2.13. The molecule has 0 unspecified atom stereocenters. The van der Waals surface area contributed by atoms with Crippen LogP contribution in [0.2, 0.25) is 0 Å². The van der Waals surface area contributed by atoms with Gasteiger partial charge in [0.05, 0.1) is 6.61 Å². The Kier molecular flexibility index (Phi) is 6.03. The molecule has 2 rings (SSSR count). The van der Waals surface area contributed by atoms with Gasteiger partial charge in [-0.3, -0.25) is 4.79 Å². The molecule has 0 radical (unpaired) electrons. The molecule has 5 nitrogen and oxygen atoms in total. The third kappa shape index (κ3) is 4.35. The van der Waals surface area contributed by atoms with Crippen LogP contribution in [0.5, 0.6) is 0 Å². The first-order valence-electron chi connectivity index (χ1n) is 7.18. The van der Waals surface area contributed by atoms with Crippen LogP contribution in [-0.4, -0.2) is 28.4 Å². The smallest absolute Gasteiger partial charge is 0.292 e. The van der Waals surface area contributed by atoms with Crippen LogP contribution in [0, 0.1) is 6.92 Å². The number of nitrogens with one attached hydrogen (secondary N) is 1. The number of rotatable bonds is 7. The van der Waals surface area contributed by atoms with Gasteiger partial charge in [0.15, 0.2) is 5.76 Å². The Balaban J connectivity index is 2.04. The second kappa shape index (κ2) is 8.00. The van der Waals surface area contributed by atoms with Gasteiger partial charge in [0.2, 0.25) is 0 Å². The molecule has 2 aromatic heterocycles. The lowest BCUT2D eigenvalue weighted by Gasteiger charge is -2.06. The largest absolute Gasteiger partial charge is 0.456 e. The molecule has 2 aromatic rings. The number of thioether (sulfide) groups is 1. The van der Waals surface area contributed by atoms with Gasteiger partial charge in [0.25, 0.3) is 5.91 Å². The topological polar surface area (TPSA) is 75.4 Å². The molecule has 0 spiro atoms. The van der Waals surface area contributed by atoms with Gasteiger partial charge in [-0.2, -0.15) is 11.8 Å². The summed E-state index contributed by atoms with van der Waals surface area (Å²) in [6.45, 7) is 4.00. The Hall–Kier alpha value is -1.79. The molecular formula is C16H20N2O3S. The maximum absolute atomic E-state index is 12.3. The van der Waals surface area contributed by atoms with Crippen LogP contribution in [0.25, 0.3) is 0 Å². The van der Waals surface area contributed by atoms with Gasteiger partial charge in [0.1, 0.15) is 11.6 Å². The first-order chi connectivity index (χ1) is 10.6. The van der Waals surface area contributed by atoms with Crippen LogP contribution >= 0.6 is 11.8 Å². The van der Waals surface area contributed by atoms with E-state index in [9.17, 15) is 4.79 Å². The fourth-order valence-corrected chi connectivity index (χ4v) is 2.70. The fourth-order valence-electron chi connectivity index (χ4n) is 2.01. The Morgan fingerprint density at radius 2 is 2.27 bits per heavy atom. The van der Waals surface area contributed by atoms with Crippen molar-refractivity contribution < 1.29 is 14.3 Å². The van der Waals surface area contributed by atoms with Crippen LogP contribution < -0.4 is 5.32 Å². The molecule has 0 aliphatic carbocycles. The Morgan fingerprint density at radius 3 is 2.95 bits per heavy atom. The van der Waals surface area contributed by atoms with Gasteiger partial charge in [-0.25, -0.2) is 4.98 Å². The van der Waals surface area contributed by atoms with Crippen molar-refractivity contribution in [2.24, 2.45) is 0 Å². The molecule has 6 heteroatoms. The summed E-state index contributed by atoms with van der Waals surface area (Å²) in [4.78, 5) is 16.4. The highest BCUT2D eigenvalue weighted by atomic mass is 32.2. The first kappa shape index (κ1) is 16.6. The van der Waals surface area contributed by atoms with Crippen LogP contribution in [0.1, 0.15) is 34.4 Å². The minimum Gasteiger partial charge on any atom is -0.456 e. The summed E-state index contributed by atoms with van der Waals surface area (Å²) < 4.78 is 5.54. The average molecular weight is 320 g/mol. The summed E-state index contributed by atoms with van der Waals surface area (Å²) >= 11 is 1.63. The molecule has 0 aliphatic rings. The quantitative estimate of drug-likeness (QED) is 0.767. The molecule has 0 bridgehead atoms. The summed E-state index contributed by atoms with van der Waals surface area (Å²) in [5.41, 5.74) is 1.87. The number of nitrogens with zero attached hydrogens (tertiary/aromatic N) is 1. The van der Waals surface area contributed by atoms with Crippen molar-refractivity contribution in [1.29, 1.82) is 0 Å². The molecule has 0 saturated heterocycles. The predicted octanol–water partition coefficient (Wildman–Crippen LogP) is 3.02. The molecule has 2 heterocycles. The zero-order valence-corrected chi connectivity index (χ0v) is 13.6. The number of aromatic nitrogens is 1. The van der Waals surface area contributed by atoms with E-state index in [1.807, 2.05) is 32.0 Å². The zero-order valence-electron chi connectivity index (χ0n) is 12.8. The van der Waals surface area contributed by atoms with E-state index in [0.717, 1.165) is 29.1 Å². The van der Waals surface area contributed by atoms with Gasteiger partial charge >= 0.3 is 0 Å². The summed E-state index contributed by atoms with van der Waals surface area (Å²) in [6.07, 6.45) is 2.42. The normalized spacial score (nSPS) is 10.7. The Bertz CT molecular complexity index is 640. The fraction of sp³-hybridized carbons (Fsp3) is 0.375. The highest BCUT2D eigenvalue weighted by molar-refractivity contribution is 7.98. The van der Waals surface area contributed by atoms with Gasteiger partial charge in [-0.15, -0.1) is 0 Å². The number of aryl methyl sites for hydroxylation is 2. The number of anilines is 1. The van der Waals surface area contributed by atoms with E-state index in [-0.39, 0.29) is 12.5 Å². The molecule has 118 valence electrons. The molecular weight excluding hydrogens is 300 g/mol. The van der Waals surface area contributed by atoms with Crippen molar-refractivity contribution in [1.82, 2.24) is 4.98 Å². The summed E-state index contributed by atoms with van der Waals surface area (Å²) in [6, 6.07) is 5.61. The molecule has 0 aromatic carbocycles. The van der Waals surface area contributed by atoms with Crippen LogP contribution in [-0.2, 0) is 12.2 Å². The van der Waals surface area contributed by atoms with E-state index in [0.29, 0.717) is 17.3 Å². The van der Waals surface area contributed by atoms with Crippen molar-refractivity contribution in [2.45, 2.75) is 26.0 Å². The summed E-state index contributed by atoms with van der Waals surface area (Å²) in [5.74, 6) is 2.80. The number of aliphatic hydroxyl groups is 1. The molecule has 0 atom stereocenters. The van der Waals surface area contributed by atoms with E-state index in [1.165, 1.54) is 0 Å². The third-order valence-electron chi connectivity index (χ3n) is 3.09. The number of amides is 1. The maximum atomic E-state index is 12.3. The highest BCUT2D eigenvalue weighted by Crippen LogP contribution is 2.18. The molecule has 2 N–H and O–H groups in total. The van der Waals surface area contributed by atoms with Crippen LogP contribution in [0.4, 0.5) is 5.82 Å². The second-order valence-corrected chi connectivity index (χ2v) is 5.96. The van der Waals surface area contributed by atoms with E-state index in [2.05, 4.69) is 10.3 Å². The summed E-state index contributed by atoms with van der Waals surface area (Å²) in [7, 11) is 0. The van der Waals surface area contributed by atoms with E-state index < -0.39 is 0 Å². The molecule has 22 heavy (non-hydrogen) atoms. The highest BCUT2D eigenvalue weighted by Gasteiger charge is 2.15. The number of pyridine rings is 1. The van der Waals surface area contributed by atoms with Gasteiger partial charge in [-0.1, -0.05) is 6.92 Å². The van der Waals surface area contributed by atoms with Crippen LogP contribution in [0.3, 0.4) is 0 Å². The molecule has 1 amide bonds. The lowest BCUT2D eigenvalue weighted by atomic mass is 10.2. The van der Waals surface area contributed by atoms with Crippen molar-refractivity contribution in [2.75, 3.05) is 17.7 Å². The van der Waals surface area contributed by atoms with Gasteiger partial charge in [0, 0.05) is 29.7 Å². The van der Waals surface area contributed by atoms with E-state index in [4.69, 9.17) is 9.52 Å². The predicted molar refractivity (Wildman–Crippen MR) is 88.3 cm³/mol. The number of hydrogen-bond donors (Lipinski definition) is 2. The maximum Gasteiger partial charge on any atom is 0.292 e. The second-order valence-electron chi connectivity index (χ2n) is 4.86. The minimum absolute atomic E-state index is 0.164. The number of aliphatic hydroxyl groups excluding tert-OH is 1. The number of carbonyl (C=O) groups excluding carboxylic acids is 1. The van der Waals surface area contributed by atoms with Crippen molar-refractivity contribution in [3.8, 4) is 0 Å². The van der Waals surface area contributed by atoms with Gasteiger partial charge in [-0.05, 0) is 30.7 Å². The van der Waals surface area contributed by atoms with Gasteiger partial charge < -0.3 is 14.8 Å². The lowest BCUT2D eigenvalue weighted by molar-refractivity contribution is 0.0994. The van der Waals surface area contributed by atoms with Crippen molar-refractivity contribution >= 4 is 23.5 Å². The monoisotopic (exact) mass is 320 g/mol. The molecule has 0 saturated carbocycles. The number of furan rings is 1. The van der Waals surface area contributed by atoms with Crippen LogP contribution in [0.15, 0.2) is 28.8 Å². The van der Waals surface area contributed by atoms with Crippen molar-refractivity contribution in [3.63, 3.8) is 0 Å². The SMILES string of the molecule is CCc1cc(C)c(C(=O)Nc2cc(CSCCO)ccn2)o1. The zero-order chi connectivity index (χ0) is 15.9. The molecule has 0 fully saturated rings.